The summed E-state index contributed by atoms with van der Waals surface area (Å²) in [6.45, 7) is 5.78. The van der Waals surface area contributed by atoms with Crippen molar-refractivity contribution in [1.82, 2.24) is 9.97 Å². The van der Waals surface area contributed by atoms with Gasteiger partial charge >= 0.3 is 0 Å². The number of nitrogens with one attached hydrogen (secondary N) is 4. The van der Waals surface area contributed by atoms with Crippen molar-refractivity contribution in [1.29, 1.82) is 0 Å². The topological polar surface area (TPSA) is 125 Å². The Hall–Kier alpha value is -3.31. The zero-order chi connectivity index (χ0) is 27.8. The molecule has 2 aromatic carbocycles. The van der Waals surface area contributed by atoms with Gasteiger partial charge in [0, 0.05) is 51.2 Å². The van der Waals surface area contributed by atoms with Crippen LogP contribution in [0.1, 0.15) is 64.7 Å². The third-order valence-corrected chi connectivity index (χ3v) is 6.84. The van der Waals surface area contributed by atoms with E-state index in [1.54, 1.807) is 25.2 Å². The van der Waals surface area contributed by atoms with Gasteiger partial charge in [-0.3, -0.25) is 14.4 Å². The number of anilines is 4. The fraction of sp³-hybridized carbons (Fsp3) is 0.296. The van der Waals surface area contributed by atoms with Crippen LogP contribution in [0.4, 0.5) is 22.7 Å². The number of amides is 3. The van der Waals surface area contributed by atoms with E-state index in [4.69, 9.17) is 0 Å². The Kier molecular flexibility index (Phi) is 10.4. The van der Waals surface area contributed by atoms with Crippen LogP contribution < -0.4 is 21.3 Å². The first-order chi connectivity index (χ1) is 18.1. The van der Waals surface area contributed by atoms with E-state index in [1.165, 1.54) is 12.4 Å². The summed E-state index contributed by atoms with van der Waals surface area (Å²) in [4.78, 5) is 46.4. The number of carbonyl (C=O) groups is 3. The summed E-state index contributed by atoms with van der Waals surface area (Å²) in [5.41, 5.74) is 4.19. The largest absolute Gasteiger partial charge is 0.388 e. The van der Waals surface area contributed by atoms with E-state index >= 15 is 0 Å². The number of nitrogens with zero attached hydrogens (tertiary/aromatic N) is 2. The van der Waals surface area contributed by atoms with E-state index in [1.807, 2.05) is 19.9 Å². The fourth-order valence-corrected chi connectivity index (χ4v) is 4.65. The van der Waals surface area contributed by atoms with E-state index in [2.05, 4.69) is 70.0 Å². The average molecular weight is 646 g/mol. The lowest BCUT2D eigenvalue weighted by atomic mass is 10.1. The van der Waals surface area contributed by atoms with Gasteiger partial charge in [0.2, 0.25) is 5.91 Å². The highest BCUT2D eigenvalue weighted by molar-refractivity contribution is 9.10. The molecule has 200 valence electrons. The second-order valence-corrected chi connectivity index (χ2v) is 10.5. The Balaban J connectivity index is 1.76. The van der Waals surface area contributed by atoms with E-state index in [0.717, 1.165) is 35.0 Å². The number of hydrogen-bond donors (Lipinski definition) is 4. The lowest BCUT2D eigenvalue weighted by Crippen LogP contribution is -2.19. The molecular formula is C27H30Br2N6O3. The zero-order valence-electron chi connectivity index (χ0n) is 21.7. The maximum absolute atomic E-state index is 13.1. The number of aromatic nitrogens is 2. The van der Waals surface area contributed by atoms with Gasteiger partial charge in [0.05, 0.1) is 0 Å². The standard InChI is InChI=1S/C27H30Br2N6O3/c1-5-6-7-8-25(36)33-20-10-18(29)12-22(16(20)3)35-27(38)24-13-23(31-14-32-24)26(37)34-21-11-17(28)9-19(30-4)15(21)2/h9-14,30H,5-8H2,1-4H3,(H,33,36)(H,34,37)(H,35,38). The van der Waals surface area contributed by atoms with E-state index in [-0.39, 0.29) is 17.3 Å². The summed E-state index contributed by atoms with van der Waals surface area (Å²) in [5, 5.41) is 11.7. The summed E-state index contributed by atoms with van der Waals surface area (Å²) < 4.78 is 1.49. The number of benzene rings is 2. The maximum Gasteiger partial charge on any atom is 0.274 e. The molecule has 3 rings (SSSR count). The van der Waals surface area contributed by atoms with Gasteiger partial charge in [0.1, 0.15) is 17.7 Å². The molecule has 0 unspecified atom stereocenters. The Morgan fingerprint density at radius 2 is 1.21 bits per heavy atom. The first-order valence-corrected chi connectivity index (χ1v) is 13.7. The highest BCUT2D eigenvalue weighted by Crippen LogP contribution is 2.30. The number of carbonyl (C=O) groups excluding carboxylic acids is 3. The highest BCUT2D eigenvalue weighted by Gasteiger charge is 2.17. The molecule has 0 atom stereocenters. The summed E-state index contributed by atoms with van der Waals surface area (Å²) in [7, 11) is 1.80. The van der Waals surface area contributed by atoms with Crippen LogP contribution in [0.15, 0.2) is 45.6 Å². The first-order valence-electron chi connectivity index (χ1n) is 12.2. The van der Waals surface area contributed by atoms with Crippen LogP contribution in [0.5, 0.6) is 0 Å². The molecule has 0 fully saturated rings. The van der Waals surface area contributed by atoms with Crippen molar-refractivity contribution in [2.45, 2.75) is 46.5 Å². The molecule has 3 aromatic rings. The summed E-state index contributed by atoms with van der Waals surface area (Å²) in [6.07, 6.45) is 4.45. The monoisotopic (exact) mass is 644 g/mol. The predicted octanol–water partition coefficient (Wildman–Crippen LogP) is 6.68. The van der Waals surface area contributed by atoms with Crippen LogP contribution in [-0.4, -0.2) is 34.7 Å². The third-order valence-electron chi connectivity index (χ3n) is 5.92. The molecule has 3 amide bonds. The van der Waals surface area contributed by atoms with Gasteiger partial charge in [-0.05, 0) is 55.7 Å². The highest BCUT2D eigenvalue weighted by atomic mass is 79.9. The smallest absolute Gasteiger partial charge is 0.274 e. The Morgan fingerprint density at radius 1 is 0.737 bits per heavy atom. The van der Waals surface area contributed by atoms with Crippen molar-refractivity contribution in [3.63, 3.8) is 0 Å². The molecule has 1 aromatic heterocycles. The molecule has 4 N–H and O–H groups in total. The minimum Gasteiger partial charge on any atom is -0.388 e. The van der Waals surface area contributed by atoms with Crippen molar-refractivity contribution in [3.8, 4) is 0 Å². The molecule has 38 heavy (non-hydrogen) atoms. The Bertz CT molecular complexity index is 1360. The fourth-order valence-electron chi connectivity index (χ4n) is 3.73. The van der Waals surface area contributed by atoms with Crippen LogP contribution >= 0.6 is 31.9 Å². The van der Waals surface area contributed by atoms with Gasteiger partial charge in [0.25, 0.3) is 11.8 Å². The van der Waals surface area contributed by atoms with Gasteiger partial charge in [0.15, 0.2) is 0 Å². The summed E-state index contributed by atoms with van der Waals surface area (Å²) >= 11 is 6.88. The summed E-state index contributed by atoms with van der Waals surface area (Å²) in [5.74, 6) is -1.07. The average Bonchev–Trinajstić information content (AvgIpc) is 2.88. The lowest BCUT2D eigenvalue weighted by Gasteiger charge is -2.15. The molecule has 0 saturated heterocycles. The minimum atomic E-state index is -0.515. The summed E-state index contributed by atoms with van der Waals surface area (Å²) in [6, 6.07) is 8.56. The number of halogens is 2. The molecule has 0 saturated carbocycles. The molecule has 9 nitrogen and oxygen atoms in total. The normalized spacial score (nSPS) is 10.6. The van der Waals surface area contributed by atoms with Crippen LogP contribution in [0.25, 0.3) is 0 Å². The zero-order valence-corrected chi connectivity index (χ0v) is 24.8. The lowest BCUT2D eigenvalue weighted by molar-refractivity contribution is -0.116. The van der Waals surface area contributed by atoms with E-state index < -0.39 is 11.8 Å². The molecule has 11 heteroatoms. The van der Waals surface area contributed by atoms with Crippen molar-refractivity contribution < 1.29 is 14.4 Å². The molecular weight excluding hydrogens is 616 g/mol. The number of unbranched alkanes of at least 4 members (excludes halogenated alkanes) is 2. The Morgan fingerprint density at radius 3 is 1.71 bits per heavy atom. The van der Waals surface area contributed by atoms with Gasteiger partial charge in [-0.1, -0.05) is 51.6 Å². The van der Waals surface area contributed by atoms with Crippen LogP contribution in [0.3, 0.4) is 0 Å². The predicted molar refractivity (Wildman–Crippen MR) is 158 cm³/mol. The third kappa shape index (κ3) is 7.61. The van der Waals surface area contributed by atoms with E-state index in [9.17, 15) is 14.4 Å². The first kappa shape index (κ1) is 29.2. The Labute approximate surface area is 238 Å². The maximum atomic E-state index is 13.1. The SMILES string of the molecule is CCCCCC(=O)Nc1cc(Br)cc(NC(=O)c2cc(C(=O)Nc3cc(Br)cc(NC)c3C)ncn2)c1C. The van der Waals surface area contributed by atoms with E-state index in [0.29, 0.717) is 33.5 Å². The molecule has 0 aliphatic rings. The molecule has 0 aliphatic heterocycles. The van der Waals surface area contributed by atoms with Crippen LogP contribution in [0.2, 0.25) is 0 Å². The second-order valence-electron chi connectivity index (χ2n) is 8.70. The van der Waals surface area contributed by atoms with Gasteiger partial charge < -0.3 is 21.3 Å². The number of rotatable bonds is 10. The molecule has 0 radical (unpaired) electrons. The van der Waals surface area contributed by atoms with Gasteiger partial charge in [-0.2, -0.15) is 0 Å². The van der Waals surface area contributed by atoms with Crippen molar-refractivity contribution in [3.05, 3.63) is 68.1 Å². The van der Waals surface area contributed by atoms with Gasteiger partial charge in [-0.25, -0.2) is 9.97 Å². The number of hydrogen-bond acceptors (Lipinski definition) is 6. The van der Waals surface area contributed by atoms with Gasteiger partial charge in [-0.15, -0.1) is 0 Å². The van der Waals surface area contributed by atoms with Crippen molar-refractivity contribution in [2.75, 3.05) is 28.3 Å². The van der Waals surface area contributed by atoms with Crippen LogP contribution in [0, 0.1) is 13.8 Å². The molecule has 0 bridgehead atoms. The molecule has 0 aliphatic carbocycles. The van der Waals surface area contributed by atoms with Crippen molar-refractivity contribution in [2.24, 2.45) is 0 Å². The second kappa shape index (κ2) is 13.5. The van der Waals surface area contributed by atoms with Crippen LogP contribution in [-0.2, 0) is 4.79 Å². The minimum absolute atomic E-state index is 0.0246. The quantitative estimate of drug-likeness (QED) is 0.182. The molecule has 0 spiro atoms. The molecule has 1 heterocycles. The van der Waals surface area contributed by atoms with Crippen molar-refractivity contribution >= 4 is 72.3 Å².